The van der Waals surface area contributed by atoms with Crippen molar-refractivity contribution in [2.24, 2.45) is 0 Å². The lowest BCUT2D eigenvalue weighted by Gasteiger charge is -2.23. The quantitative estimate of drug-likeness (QED) is 0.890. The monoisotopic (exact) mass is 287 g/mol. The van der Waals surface area contributed by atoms with Crippen LogP contribution in [0.2, 0.25) is 0 Å². The predicted molar refractivity (Wildman–Crippen MR) is 83.9 cm³/mol. The highest BCUT2D eigenvalue weighted by Gasteiger charge is 2.23. The van der Waals surface area contributed by atoms with Gasteiger partial charge in [-0.05, 0) is 42.8 Å². The molecule has 1 heterocycles. The molecule has 0 saturated carbocycles. The van der Waals surface area contributed by atoms with Crippen LogP contribution in [0.15, 0.2) is 36.4 Å². The summed E-state index contributed by atoms with van der Waals surface area (Å²) < 4.78 is 19.7. The van der Waals surface area contributed by atoms with Gasteiger partial charge in [-0.25, -0.2) is 4.39 Å². The van der Waals surface area contributed by atoms with E-state index in [1.807, 2.05) is 30.3 Å². The molecule has 112 valence electrons. The van der Waals surface area contributed by atoms with E-state index in [1.54, 1.807) is 6.07 Å². The molecule has 3 rings (SSSR count). The molecule has 1 aliphatic heterocycles. The van der Waals surface area contributed by atoms with Gasteiger partial charge in [0.25, 0.3) is 0 Å². The number of hydrogen-bond donors (Lipinski definition) is 1. The Morgan fingerprint density at radius 2 is 2.05 bits per heavy atom. The molecule has 2 aromatic carbocycles. The summed E-state index contributed by atoms with van der Waals surface area (Å²) in [5.74, 6) is -0.151. The molecule has 21 heavy (non-hydrogen) atoms. The average Bonchev–Trinajstić information content (AvgIpc) is 3.01. The molecule has 3 heteroatoms. The molecule has 0 aliphatic carbocycles. The Kier molecular flexibility index (Phi) is 4.51. The zero-order valence-corrected chi connectivity index (χ0v) is 12.4. The molecule has 2 aromatic rings. The topological polar surface area (TPSA) is 21.3 Å². The molecule has 2 nitrogen and oxygen atoms in total. The molecule has 0 aromatic heterocycles. The summed E-state index contributed by atoms with van der Waals surface area (Å²) in [4.78, 5) is 0. The van der Waals surface area contributed by atoms with E-state index < -0.39 is 0 Å². The van der Waals surface area contributed by atoms with Crippen LogP contribution in [0.25, 0.3) is 10.8 Å². The average molecular weight is 287 g/mol. The second-order valence-corrected chi connectivity index (χ2v) is 5.66. The first-order valence-electron chi connectivity index (χ1n) is 7.81. The number of fused-ring (bicyclic) bond motifs is 1. The van der Waals surface area contributed by atoms with E-state index in [0.29, 0.717) is 11.5 Å². The number of rotatable bonds is 5. The molecular formula is C18H22FNO. The van der Waals surface area contributed by atoms with Crippen molar-refractivity contribution in [1.82, 2.24) is 5.32 Å². The Bertz CT molecular complexity index is 607. The van der Waals surface area contributed by atoms with Crippen molar-refractivity contribution >= 4 is 10.8 Å². The van der Waals surface area contributed by atoms with Crippen molar-refractivity contribution in [2.45, 2.75) is 38.3 Å². The van der Waals surface area contributed by atoms with Gasteiger partial charge in [-0.3, -0.25) is 0 Å². The SMILES string of the molecule is CCNC(CC1CCCO1)c1ccc(F)c2ccccc12. The summed E-state index contributed by atoms with van der Waals surface area (Å²) in [6.45, 7) is 3.87. The molecule has 0 spiro atoms. The third kappa shape index (κ3) is 3.09. The fourth-order valence-electron chi connectivity index (χ4n) is 3.25. The van der Waals surface area contributed by atoms with Crippen LogP contribution in [-0.4, -0.2) is 19.3 Å². The van der Waals surface area contributed by atoms with Crippen LogP contribution in [0.5, 0.6) is 0 Å². The lowest BCUT2D eigenvalue weighted by molar-refractivity contribution is 0.0949. The number of halogens is 1. The lowest BCUT2D eigenvalue weighted by atomic mass is 9.94. The zero-order chi connectivity index (χ0) is 14.7. The van der Waals surface area contributed by atoms with E-state index in [1.165, 1.54) is 5.56 Å². The van der Waals surface area contributed by atoms with Gasteiger partial charge in [0.15, 0.2) is 0 Å². The summed E-state index contributed by atoms with van der Waals surface area (Å²) in [5.41, 5.74) is 1.17. The molecule has 2 unspecified atom stereocenters. The van der Waals surface area contributed by atoms with Crippen LogP contribution in [0.1, 0.15) is 37.8 Å². The summed E-state index contributed by atoms with van der Waals surface area (Å²) >= 11 is 0. The van der Waals surface area contributed by atoms with Crippen molar-refractivity contribution in [3.8, 4) is 0 Å². The Morgan fingerprint density at radius 3 is 2.76 bits per heavy atom. The molecule has 0 bridgehead atoms. The number of ether oxygens (including phenoxy) is 1. The molecule has 0 amide bonds. The Morgan fingerprint density at radius 1 is 1.24 bits per heavy atom. The van der Waals surface area contributed by atoms with Gasteiger partial charge >= 0.3 is 0 Å². The van der Waals surface area contributed by atoms with Crippen molar-refractivity contribution < 1.29 is 9.13 Å². The summed E-state index contributed by atoms with van der Waals surface area (Å²) in [7, 11) is 0. The smallest absolute Gasteiger partial charge is 0.131 e. The van der Waals surface area contributed by atoms with Crippen LogP contribution >= 0.6 is 0 Å². The Hall–Kier alpha value is -1.45. The van der Waals surface area contributed by atoms with E-state index in [4.69, 9.17) is 4.74 Å². The van der Waals surface area contributed by atoms with Gasteiger partial charge in [-0.15, -0.1) is 0 Å². The van der Waals surface area contributed by atoms with Crippen molar-refractivity contribution in [3.63, 3.8) is 0 Å². The first-order valence-corrected chi connectivity index (χ1v) is 7.81. The minimum absolute atomic E-state index is 0.151. The normalized spacial score (nSPS) is 20.0. The van der Waals surface area contributed by atoms with Crippen LogP contribution < -0.4 is 5.32 Å². The van der Waals surface area contributed by atoms with E-state index in [9.17, 15) is 4.39 Å². The van der Waals surface area contributed by atoms with Crippen LogP contribution in [-0.2, 0) is 4.74 Å². The van der Waals surface area contributed by atoms with Gasteiger partial charge in [0, 0.05) is 18.0 Å². The number of nitrogens with one attached hydrogen (secondary N) is 1. The van der Waals surface area contributed by atoms with Crippen LogP contribution in [0.4, 0.5) is 4.39 Å². The minimum atomic E-state index is -0.151. The van der Waals surface area contributed by atoms with E-state index in [-0.39, 0.29) is 11.9 Å². The van der Waals surface area contributed by atoms with Gasteiger partial charge in [0.2, 0.25) is 0 Å². The maximum Gasteiger partial charge on any atom is 0.131 e. The zero-order valence-electron chi connectivity index (χ0n) is 12.4. The van der Waals surface area contributed by atoms with Gasteiger partial charge < -0.3 is 10.1 Å². The van der Waals surface area contributed by atoms with Crippen molar-refractivity contribution in [2.75, 3.05) is 13.2 Å². The summed E-state index contributed by atoms with van der Waals surface area (Å²) in [6.07, 6.45) is 3.54. The predicted octanol–water partition coefficient (Wildman–Crippen LogP) is 4.20. The number of hydrogen-bond acceptors (Lipinski definition) is 2. The summed E-state index contributed by atoms with van der Waals surface area (Å²) in [6, 6.07) is 11.4. The fraction of sp³-hybridized carbons (Fsp3) is 0.444. The van der Waals surface area contributed by atoms with Crippen molar-refractivity contribution in [1.29, 1.82) is 0 Å². The van der Waals surface area contributed by atoms with Gasteiger partial charge in [-0.1, -0.05) is 37.3 Å². The van der Waals surface area contributed by atoms with E-state index >= 15 is 0 Å². The fourth-order valence-corrected chi connectivity index (χ4v) is 3.25. The van der Waals surface area contributed by atoms with Gasteiger partial charge in [0.05, 0.1) is 6.10 Å². The number of benzene rings is 2. The first-order chi connectivity index (χ1) is 10.3. The molecular weight excluding hydrogens is 265 g/mol. The van der Waals surface area contributed by atoms with Gasteiger partial charge in [-0.2, -0.15) is 0 Å². The second-order valence-electron chi connectivity index (χ2n) is 5.66. The lowest BCUT2D eigenvalue weighted by Crippen LogP contribution is -2.25. The first kappa shape index (κ1) is 14.5. The molecule has 1 N–H and O–H groups in total. The molecule has 1 fully saturated rings. The Balaban J connectivity index is 1.96. The summed E-state index contributed by atoms with van der Waals surface area (Å²) in [5, 5.41) is 5.24. The van der Waals surface area contributed by atoms with Crippen LogP contribution in [0.3, 0.4) is 0 Å². The Labute approximate surface area is 125 Å². The molecule has 1 aliphatic rings. The van der Waals surface area contributed by atoms with Crippen molar-refractivity contribution in [3.05, 3.63) is 47.8 Å². The van der Waals surface area contributed by atoms with Crippen LogP contribution in [0, 0.1) is 5.82 Å². The standard InChI is InChI=1S/C18H22FNO/c1-2-20-18(12-13-6-5-11-21-13)16-9-10-17(19)15-8-4-3-7-14(15)16/h3-4,7-10,13,18,20H,2,5-6,11-12H2,1H3. The highest BCUT2D eigenvalue weighted by Crippen LogP contribution is 2.31. The highest BCUT2D eigenvalue weighted by atomic mass is 19.1. The maximum atomic E-state index is 14.0. The molecule has 2 atom stereocenters. The molecule has 0 radical (unpaired) electrons. The molecule has 1 saturated heterocycles. The minimum Gasteiger partial charge on any atom is -0.378 e. The van der Waals surface area contributed by atoms with E-state index in [2.05, 4.69) is 12.2 Å². The van der Waals surface area contributed by atoms with E-state index in [0.717, 1.165) is 37.8 Å². The largest absolute Gasteiger partial charge is 0.378 e. The third-order valence-electron chi connectivity index (χ3n) is 4.25. The maximum absolute atomic E-state index is 14.0. The van der Waals surface area contributed by atoms with Gasteiger partial charge in [0.1, 0.15) is 5.82 Å². The highest BCUT2D eigenvalue weighted by molar-refractivity contribution is 5.86. The second kappa shape index (κ2) is 6.54. The third-order valence-corrected chi connectivity index (χ3v) is 4.25.